The number of morpholine rings is 1. The first-order chi connectivity index (χ1) is 12.1. The minimum Gasteiger partial charge on any atom is -0.383 e. The van der Waals surface area contributed by atoms with Crippen molar-refractivity contribution in [2.75, 3.05) is 40.0 Å². The van der Waals surface area contributed by atoms with E-state index in [0.29, 0.717) is 50.5 Å². The number of nitrogens with zero attached hydrogens (tertiary/aromatic N) is 4. The second-order valence-electron chi connectivity index (χ2n) is 6.39. The maximum atomic E-state index is 12.7. The van der Waals surface area contributed by atoms with Crippen molar-refractivity contribution in [2.24, 2.45) is 0 Å². The highest BCUT2D eigenvalue weighted by Gasteiger charge is 2.38. The highest BCUT2D eigenvalue weighted by atomic mass is 16.5. The summed E-state index contributed by atoms with van der Waals surface area (Å²) in [4.78, 5) is 36.7. The predicted molar refractivity (Wildman–Crippen MR) is 89.0 cm³/mol. The van der Waals surface area contributed by atoms with E-state index in [4.69, 9.17) is 9.47 Å². The fourth-order valence-corrected chi connectivity index (χ4v) is 3.43. The van der Waals surface area contributed by atoms with Gasteiger partial charge in [0.1, 0.15) is 12.4 Å². The molecule has 2 aliphatic rings. The quantitative estimate of drug-likeness (QED) is 0.776. The van der Waals surface area contributed by atoms with Gasteiger partial charge in [0.2, 0.25) is 5.91 Å². The first kappa shape index (κ1) is 17.8. The largest absolute Gasteiger partial charge is 0.383 e. The number of methoxy groups -OCH3 is 1. The number of ether oxygens (including phenoxy) is 2. The van der Waals surface area contributed by atoms with Crippen molar-refractivity contribution in [1.82, 2.24) is 19.8 Å². The SMILES string of the molecule is COCCN1C(=O)CO[C@H]2CCN(C(=O)c3cnc(C)nc3)CC[C@@H]21. The molecular formula is C17H24N4O4. The monoisotopic (exact) mass is 348 g/mol. The van der Waals surface area contributed by atoms with Crippen LogP contribution in [-0.4, -0.2) is 83.7 Å². The Morgan fingerprint density at radius 3 is 2.76 bits per heavy atom. The van der Waals surface area contributed by atoms with E-state index in [1.807, 2.05) is 4.90 Å². The van der Waals surface area contributed by atoms with Crippen molar-refractivity contribution in [3.05, 3.63) is 23.8 Å². The van der Waals surface area contributed by atoms with Gasteiger partial charge < -0.3 is 19.3 Å². The summed E-state index contributed by atoms with van der Waals surface area (Å²) in [5.41, 5.74) is 0.490. The van der Waals surface area contributed by atoms with Crippen LogP contribution in [-0.2, 0) is 14.3 Å². The van der Waals surface area contributed by atoms with E-state index >= 15 is 0 Å². The second kappa shape index (κ2) is 7.88. The van der Waals surface area contributed by atoms with Crippen molar-refractivity contribution in [3.8, 4) is 0 Å². The van der Waals surface area contributed by atoms with Crippen LogP contribution in [0, 0.1) is 6.92 Å². The van der Waals surface area contributed by atoms with Gasteiger partial charge in [-0.2, -0.15) is 0 Å². The molecule has 2 atom stereocenters. The Labute approximate surface area is 147 Å². The van der Waals surface area contributed by atoms with E-state index in [1.54, 1.807) is 31.3 Å². The highest BCUT2D eigenvalue weighted by molar-refractivity contribution is 5.93. The van der Waals surface area contributed by atoms with Gasteiger partial charge in [-0.15, -0.1) is 0 Å². The zero-order valence-corrected chi connectivity index (χ0v) is 14.7. The number of carbonyl (C=O) groups excluding carboxylic acids is 2. The van der Waals surface area contributed by atoms with Gasteiger partial charge in [-0.3, -0.25) is 9.59 Å². The van der Waals surface area contributed by atoms with Crippen LogP contribution in [0.5, 0.6) is 0 Å². The van der Waals surface area contributed by atoms with Crippen molar-refractivity contribution in [2.45, 2.75) is 31.9 Å². The van der Waals surface area contributed by atoms with E-state index in [9.17, 15) is 9.59 Å². The molecular weight excluding hydrogens is 324 g/mol. The molecule has 0 radical (unpaired) electrons. The average Bonchev–Trinajstić information content (AvgIpc) is 2.84. The molecule has 2 aliphatic heterocycles. The Hall–Kier alpha value is -2.06. The smallest absolute Gasteiger partial charge is 0.256 e. The molecule has 0 saturated carbocycles. The Morgan fingerprint density at radius 1 is 1.32 bits per heavy atom. The maximum Gasteiger partial charge on any atom is 0.256 e. The lowest BCUT2D eigenvalue weighted by Gasteiger charge is -2.40. The maximum absolute atomic E-state index is 12.7. The molecule has 136 valence electrons. The number of amides is 2. The van der Waals surface area contributed by atoms with Crippen LogP contribution in [0.15, 0.2) is 12.4 Å². The molecule has 0 aromatic carbocycles. The van der Waals surface area contributed by atoms with Crippen LogP contribution in [0.2, 0.25) is 0 Å². The number of fused-ring (bicyclic) bond motifs is 1. The summed E-state index contributed by atoms with van der Waals surface area (Å²) < 4.78 is 10.9. The number of likely N-dealkylation sites (tertiary alicyclic amines) is 1. The molecule has 0 bridgehead atoms. The third-order valence-corrected chi connectivity index (χ3v) is 4.80. The van der Waals surface area contributed by atoms with E-state index in [1.165, 1.54) is 0 Å². The molecule has 1 aromatic heterocycles. The lowest BCUT2D eigenvalue weighted by molar-refractivity contribution is -0.158. The molecule has 2 saturated heterocycles. The fourth-order valence-electron chi connectivity index (χ4n) is 3.43. The number of hydrogen-bond acceptors (Lipinski definition) is 6. The van der Waals surface area contributed by atoms with Gasteiger partial charge in [0, 0.05) is 39.1 Å². The summed E-state index contributed by atoms with van der Waals surface area (Å²) >= 11 is 0. The van der Waals surface area contributed by atoms with Gasteiger partial charge in [0.25, 0.3) is 5.91 Å². The summed E-state index contributed by atoms with van der Waals surface area (Å²) in [5.74, 6) is 0.553. The number of carbonyl (C=O) groups is 2. The molecule has 0 spiro atoms. The van der Waals surface area contributed by atoms with Crippen molar-refractivity contribution < 1.29 is 19.1 Å². The first-order valence-corrected chi connectivity index (χ1v) is 8.58. The van der Waals surface area contributed by atoms with Gasteiger partial charge in [0.15, 0.2) is 0 Å². The molecule has 2 amide bonds. The van der Waals surface area contributed by atoms with Crippen LogP contribution in [0.25, 0.3) is 0 Å². The van der Waals surface area contributed by atoms with E-state index in [0.717, 1.165) is 0 Å². The zero-order chi connectivity index (χ0) is 17.8. The van der Waals surface area contributed by atoms with Crippen molar-refractivity contribution >= 4 is 11.8 Å². The molecule has 0 unspecified atom stereocenters. The zero-order valence-electron chi connectivity index (χ0n) is 14.7. The Balaban J connectivity index is 1.69. The van der Waals surface area contributed by atoms with Crippen molar-refractivity contribution in [3.63, 3.8) is 0 Å². The summed E-state index contributed by atoms with van der Waals surface area (Å²) in [6.07, 6.45) is 4.49. The topological polar surface area (TPSA) is 84.9 Å². The van der Waals surface area contributed by atoms with Crippen LogP contribution >= 0.6 is 0 Å². The number of rotatable bonds is 4. The normalized spacial score (nSPS) is 24.0. The highest BCUT2D eigenvalue weighted by Crippen LogP contribution is 2.25. The summed E-state index contributed by atoms with van der Waals surface area (Å²) in [6, 6.07) is -0.0107. The minimum absolute atomic E-state index is 0.00925. The van der Waals surface area contributed by atoms with Gasteiger partial charge in [-0.05, 0) is 19.8 Å². The number of aromatic nitrogens is 2. The minimum atomic E-state index is -0.0755. The number of hydrogen-bond donors (Lipinski definition) is 0. The van der Waals surface area contributed by atoms with E-state index in [-0.39, 0.29) is 30.6 Å². The summed E-state index contributed by atoms with van der Waals surface area (Å²) in [5, 5.41) is 0. The Kier molecular flexibility index (Phi) is 5.60. The van der Waals surface area contributed by atoms with E-state index in [2.05, 4.69) is 9.97 Å². The van der Waals surface area contributed by atoms with Crippen molar-refractivity contribution in [1.29, 1.82) is 0 Å². The lowest BCUT2D eigenvalue weighted by Crippen LogP contribution is -2.55. The predicted octanol–water partition coefficient (Wildman–Crippen LogP) is 0.263. The van der Waals surface area contributed by atoms with Crippen LogP contribution in [0.3, 0.4) is 0 Å². The van der Waals surface area contributed by atoms with Crippen LogP contribution in [0.4, 0.5) is 0 Å². The summed E-state index contributed by atoms with van der Waals surface area (Å²) in [6.45, 7) is 4.12. The lowest BCUT2D eigenvalue weighted by atomic mass is 10.0. The first-order valence-electron chi connectivity index (χ1n) is 8.58. The molecule has 0 N–H and O–H groups in total. The molecule has 3 rings (SSSR count). The van der Waals surface area contributed by atoms with Gasteiger partial charge in [-0.25, -0.2) is 9.97 Å². The number of aryl methyl sites for hydroxylation is 1. The van der Waals surface area contributed by atoms with Crippen LogP contribution < -0.4 is 0 Å². The van der Waals surface area contributed by atoms with Crippen LogP contribution in [0.1, 0.15) is 29.0 Å². The molecule has 8 nitrogen and oxygen atoms in total. The second-order valence-corrected chi connectivity index (χ2v) is 6.39. The van der Waals surface area contributed by atoms with Gasteiger partial charge in [0.05, 0.1) is 24.3 Å². The molecule has 1 aromatic rings. The molecule has 3 heterocycles. The standard InChI is InChI=1S/C17H24N4O4/c1-12-18-9-13(10-19-12)17(23)20-5-3-14-15(4-6-20)25-11-16(22)21(14)7-8-24-2/h9-10,14-15H,3-8,11H2,1-2H3/t14-,15-/m0/s1. The van der Waals surface area contributed by atoms with E-state index < -0.39 is 0 Å². The molecule has 8 heteroatoms. The third-order valence-electron chi connectivity index (χ3n) is 4.80. The average molecular weight is 348 g/mol. The van der Waals surface area contributed by atoms with Gasteiger partial charge >= 0.3 is 0 Å². The molecule has 25 heavy (non-hydrogen) atoms. The third kappa shape index (κ3) is 3.96. The Morgan fingerprint density at radius 2 is 2.04 bits per heavy atom. The van der Waals surface area contributed by atoms with Gasteiger partial charge in [-0.1, -0.05) is 0 Å². The molecule has 2 fully saturated rings. The fraction of sp³-hybridized carbons (Fsp3) is 0.647. The Bertz CT molecular complexity index is 622. The summed E-state index contributed by atoms with van der Waals surface area (Å²) in [7, 11) is 1.62. The molecule has 0 aliphatic carbocycles.